The van der Waals surface area contributed by atoms with E-state index in [1.165, 1.54) is 24.3 Å². The van der Waals surface area contributed by atoms with E-state index in [1.807, 2.05) is 4.72 Å². The summed E-state index contributed by atoms with van der Waals surface area (Å²) in [6.45, 7) is 0. The summed E-state index contributed by atoms with van der Waals surface area (Å²) in [5, 5.41) is 11.3. The number of amidine groups is 1. The van der Waals surface area contributed by atoms with Crippen LogP contribution in [0.3, 0.4) is 0 Å². The highest BCUT2D eigenvalue weighted by atomic mass is 32.2. The van der Waals surface area contributed by atoms with Crippen molar-refractivity contribution in [3.8, 4) is 0 Å². The second-order valence-electron chi connectivity index (χ2n) is 4.24. The zero-order valence-corrected chi connectivity index (χ0v) is 11.8. The van der Waals surface area contributed by atoms with Gasteiger partial charge in [-0.2, -0.15) is 0 Å². The van der Waals surface area contributed by atoms with Crippen LogP contribution in [0.25, 0.3) is 0 Å². The molecule has 116 valence electrons. The SMILES string of the molecule is N/C(=N\O)c1ccc(S(=O)(=O)Nc2ccc(F)cc2F)cc1. The van der Waals surface area contributed by atoms with Crippen LogP contribution in [0.4, 0.5) is 14.5 Å². The maximum Gasteiger partial charge on any atom is 0.261 e. The van der Waals surface area contributed by atoms with Gasteiger partial charge in [-0.05, 0) is 36.4 Å². The summed E-state index contributed by atoms with van der Waals surface area (Å²) in [6.07, 6.45) is 0. The maximum absolute atomic E-state index is 13.5. The highest BCUT2D eigenvalue weighted by molar-refractivity contribution is 7.92. The Kier molecular flexibility index (Phi) is 4.27. The van der Waals surface area contributed by atoms with Gasteiger partial charge in [0, 0.05) is 11.6 Å². The third-order valence-corrected chi connectivity index (χ3v) is 4.12. The van der Waals surface area contributed by atoms with Crippen LogP contribution in [0, 0.1) is 11.6 Å². The maximum atomic E-state index is 13.5. The van der Waals surface area contributed by atoms with E-state index in [-0.39, 0.29) is 16.4 Å². The number of hydrogen-bond acceptors (Lipinski definition) is 4. The third-order valence-electron chi connectivity index (χ3n) is 2.74. The van der Waals surface area contributed by atoms with Gasteiger partial charge in [-0.1, -0.05) is 5.16 Å². The highest BCUT2D eigenvalue weighted by Crippen LogP contribution is 2.20. The van der Waals surface area contributed by atoms with Crippen LogP contribution in [0.1, 0.15) is 5.56 Å². The molecule has 0 amide bonds. The fourth-order valence-electron chi connectivity index (χ4n) is 1.64. The lowest BCUT2D eigenvalue weighted by Crippen LogP contribution is -2.16. The van der Waals surface area contributed by atoms with E-state index in [4.69, 9.17) is 10.9 Å². The van der Waals surface area contributed by atoms with E-state index in [0.717, 1.165) is 12.1 Å². The number of nitrogens with two attached hydrogens (primary N) is 1. The van der Waals surface area contributed by atoms with Crippen LogP contribution in [-0.4, -0.2) is 19.5 Å². The molecule has 22 heavy (non-hydrogen) atoms. The molecule has 0 aliphatic heterocycles. The lowest BCUT2D eigenvalue weighted by molar-refractivity contribution is 0.318. The molecule has 2 rings (SSSR count). The molecule has 4 N–H and O–H groups in total. The number of rotatable bonds is 4. The topological polar surface area (TPSA) is 105 Å². The zero-order chi connectivity index (χ0) is 16.3. The van der Waals surface area contributed by atoms with E-state index in [0.29, 0.717) is 11.6 Å². The van der Waals surface area contributed by atoms with Crippen molar-refractivity contribution in [2.24, 2.45) is 10.9 Å². The first-order valence-electron chi connectivity index (χ1n) is 5.89. The standard InChI is InChI=1S/C13H11F2N3O3S/c14-9-3-6-12(11(15)7-9)18-22(20,21)10-4-1-8(2-5-10)13(16)17-19/h1-7,18-19H,(H2,16,17). The molecule has 2 aromatic rings. The second kappa shape index (κ2) is 5.98. The summed E-state index contributed by atoms with van der Waals surface area (Å²) in [5.74, 6) is -2.03. The van der Waals surface area contributed by atoms with Crippen molar-refractivity contribution in [3.63, 3.8) is 0 Å². The zero-order valence-electron chi connectivity index (χ0n) is 11.0. The number of benzene rings is 2. The number of hydrogen-bond donors (Lipinski definition) is 3. The van der Waals surface area contributed by atoms with Crippen LogP contribution < -0.4 is 10.5 Å². The molecule has 0 bridgehead atoms. The molecule has 0 saturated heterocycles. The van der Waals surface area contributed by atoms with E-state index in [2.05, 4.69) is 5.16 Å². The van der Waals surface area contributed by atoms with Crippen LogP contribution >= 0.6 is 0 Å². The quantitative estimate of drug-likeness (QED) is 0.345. The van der Waals surface area contributed by atoms with Crippen LogP contribution in [0.5, 0.6) is 0 Å². The van der Waals surface area contributed by atoms with Gasteiger partial charge in [0.05, 0.1) is 10.6 Å². The minimum Gasteiger partial charge on any atom is -0.409 e. The lowest BCUT2D eigenvalue weighted by atomic mass is 10.2. The van der Waals surface area contributed by atoms with Crippen molar-refractivity contribution in [3.05, 3.63) is 59.7 Å². The van der Waals surface area contributed by atoms with E-state index in [1.54, 1.807) is 0 Å². The smallest absolute Gasteiger partial charge is 0.261 e. The number of sulfonamides is 1. The van der Waals surface area contributed by atoms with Crippen molar-refractivity contribution < 1.29 is 22.4 Å². The number of oxime groups is 1. The Bertz CT molecular complexity index is 821. The Morgan fingerprint density at radius 2 is 1.77 bits per heavy atom. The largest absolute Gasteiger partial charge is 0.409 e. The predicted octanol–water partition coefficient (Wildman–Crippen LogP) is 1.86. The van der Waals surface area contributed by atoms with Crippen molar-refractivity contribution in [2.75, 3.05) is 4.72 Å². The monoisotopic (exact) mass is 327 g/mol. The van der Waals surface area contributed by atoms with Crippen LogP contribution in [0.15, 0.2) is 52.5 Å². The molecule has 0 radical (unpaired) electrons. The van der Waals surface area contributed by atoms with Gasteiger partial charge >= 0.3 is 0 Å². The van der Waals surface area contributed by atoms with E-state index < -0.39 is 21.7 Å². The molecule has 0 spiro atoms. The van der Waals surface area contributed by atoms with Crippen molar-refractivity contribution in [1.82, 2.24) is 0 Å². The number of nitrogens with one attached hydrogen (secondary N) is 1. The molecule has 2 aromatic carbocycles. The predicted molar refractivity (Wildman–Crippen MR) is 76.1 cm³/mol. The summed E-state index contributed by atoms with van der Waals surface area (Å²) in [7, 11) is -4.05. The first-order valence-corrected chi connectivity index (χ1v) is 7.37. The van der Waals surface area contributed by atoms with Crippen molar-refractivity contribution >= 4 is 21.5 Å². The van der Waals surface area contributed by atoms with Crippen molar-refractivity contribution in [2.45, 2.75) is 4.90 Å². The third kappa shape index (κ3) is 3.31. The molecule has 0 aliphatic rings. The molecule has 0 saturated carbocycles. The normalized spacial score (nSPS) is 12.2. The van der Waals surface area contributed by atoms with Gasteiger partial charge in [0.1, 0.15) is 11.6 Å². The first kappa shape index (κ1) is 15.7. The van der Waals surface area contributed by atoms with Gasteiger partial charge in [0.15, 0.2) is 5.84 Å². The molecular weight excluding hydrogens is 316 g/mol. The minimum absolute atomic E-state index is 0.161. The highest BCUT2D eigenvalue weighted by Gasteiger charge is 2.17. The van der Waals surface area contributed by atoms with Gasteiger partial charge in [0.2, 0.25) is 0 Å². The van der Waals surface area contributed by atoms with Gasteiger partial charge < -0.3 is 10.9 Å². The minimum atomic E-state index is -4.05. The Morgan fingerprint density at radius 3 is 2.32 bits per heavy atom. The van der Waals surface area contributed by atoms with Crippen LogP contribution in [0.2, 0.25) is 0 Å². The summed E-state index contributed by atoms with van der Waals surface area (Å²) in [4.78, 5) is -0.161. The fourth-order valence-corrected chi connectivity index (χ4v) is 2.71. The molecule has 0 fully saturated rings. The van der Waals surface area contributed by atoms with Crippen molar-refractivity contribution in [1.29, 1.82) is 0 Å². The molecule has 0 heterocycles. The molecule has 0 aliphatic carbocycles. The number of halogens is 2. The Morgan fingerprint density at radius 1 is 1.14 bits per heavy atom. The molecule has 0 atom stereocenters. The van der Waals surface area contributed by atoms with Gasteiger partial charge in [0.25, 0.3) is 10.0 Å². The number of anilines is 1. The lowest BCUT2D eigenvalue weighted by Gasteiger charge is -2.09. The van der Waals surface area contributed by atoms with Gasteiger partial charge in [-0.25, -0.2) is 17.2 Å². The van der Waals surface area contributed by atoms with Crippen LogP contribution in [-0.2, 0) is 10.0 Å². The summed E-state index contributed by atoms with van der Waals surface area (Å²) < 4.78 is 52.5. The molecule has 6 nitrogen and oxygen atoms in total. The summed E-state index contributed by atoms with van der Waals surface area (Å²) in [5.41, 5.74) is 5.30. The molecular formula is C13H11F2N3O3S. The molecule has 0 aromatic heterocycles. The summed E-state index contributed by atoms with van der Waals surface area (Å²) >= 11 is 0. The Balaban J connectivity index is 2.30. The fraction of sp³-hybridized carbons (Fsp3) is 0. The van der Waals surface area contributed by atoms with Gasteiger partial charge in [-0.3, -0.25) is 4.72 Å². The average Bonchev–Trinajstić information content (AvgIpc) is 2.49. The Hall–Kier alpha value is -2.68. The summed E-state index contributed by atoms with van der Waals surface area (Å²) in [6, 6.07) is 7.54. The van der Waals surface area contributed by atoms with E-state index >= 15 is 0 Å². The average molecular weight is 327 g/mol. The first-order chi connectivity index (χ1) is 10.3. The molecule has 0 unspecified atom stereocenters. The molecule has 9 heteroatoms. The Labute approximate surface area is 124 Å². The second-order valence-corrected chi connectivity index (χ2v) is 5.92. The number of nitrogens with zero attached hydrogens (tertiary/aromatic N) is 1. The van der Waals surface area contributed by atoms with E-state index in [9.17, 15) is 17.2 Å². The van der Waals surface area contributed by atoms with Gasteiger partial charge in [-0.15, -0.1) is 0 Å².